The highest BCUT2D eigenvalue weighted by molar-refractivity contribution is 5.95. The highest BCUT2D eigenvalue weighted by Gasteiger charge is 2.46. The topological polar surface area (TPSA) is 238 Å². The van der Waals surface area contributed by atoms with Crippen LogP contribution in [-0.2, 0) is 69.8 Å². The molecule has 16 nitrogen and oxygen atoms in total. The van der Waals surface area contributed by atoms with Crippen molar-refractivity contribution in [1.82, 2.24) is 25.5 Å². The third-order valence-electron chi connectivity index (χ3n) is 11.5. The number of aromatic nitrogens is 2. The van der Waals surface area contributed by atoms with E-state index >= 15 is 4.39 Å². The van der Waals surface area contributed by atoms with Crippen molar-refractivity contribution in [3.8, 4) is 11.4 Å². The average Bonchev–Trinajstić information content (AvgIpc) is 3.61. The molecule has 3 atom stereocenters. The first-order valence-electron chi connectivity index (χ1n) is 19.7. The van der Waals surface area contributed by atoms with Gasteiger partial charge in [0.05, 0.1) is 54.7 Å². The zero-order chi connectivity index (χ0) is 42.9. The molecule has 60 heavy (non-hydrogen) atoms. The summed E-state index contributed by atoms with van der Waals surface area (Å²) >= 11 is 0. The second kappa shape index (κ2) is 17.2. The van der Waals surface area contributed by atoms with Gasteiger partial charge in [0, 0.05) is 34.9 Å². The molecule has 6 N–H and O–H groups in total. The number of ether oxygens (including phenoxy) is 2. The first-order chi connectivity index (χ1) is 28.7. The van der Waals surface area contributed by atoms with Gasteiger partial charge in [-0.1, -0.05) is 37.3 Å². The van der Waals surface area contributed by atoms with Crippen molar-refractivity contribution in [2.45, 2.75) is 70.7 Å². The summed E-state index contributed by atoms with van der Waals surface area (Å²) in [5, 5.41) is 19.9. The van der Waals surface area contributed by atoms with Crippen molar-refractivity contribution in [2.24, 2.45) is 11.7 Å². The van der Waals surface area contributed by atoms with E-state index in [0.717, 1.165) is 11.1 Å². The minimum atomic E-state index is -2.03. The standard InChI is InChI=1S/C43H45FN6O10/c1-3-43(58)30-13-34-39-28(18-50(34)41(56)29(30)20-60-42(43)57)38-32(10-9-27-22(2)31(44)14-33(49-39)37(27)38)48-36(54)21-59-19-26(52)17-47-40(55)24(11-23-7-5-4-6-8-23)12-25(51)16-46-35(53)15-45/h4-8,13-14,24,32,58H,3,9-12,15-21,45H2,1-2H3,(H,46,53)(H,47,55)(H,48,54)/t24-,32+,43+/m1/s1. The molecule has 0 spiro atoms. The Morgan fingerprint density at radius 3 is 2.52 bits per heavy atom. The van der Waals surface area contributed by atoms with E-state index in [-0.39, 0.29) is 62.4 Å². The maximum Gasteiger partial charge on any atom is 0.343 e. The molecule has 7 rings (SSSR count). The number of carbonyl (C=O) groups excluding carboxylic acids is 6. The fourth-order valence-corrected chi connectivity index (χ4v) is 8.35. The van der Waals surface area contributed by atoms with Crippen LogP contribution in [0.25, 0.3) is 22.3 Å². The molecule has 0 unspecified atom stereocenters. The average molecular weight is 825 g/mol. The van der Waals surface area contributed by atoms with E-state index in [9.17, 15) is 38.7 Å². The number of fused-ring (bicyclic) bond motifs is 5. The second-order valence-electron chi connectivity index (χ2n) is 15.3. The van der Waals surface area contributed by atoms with E-state index in [1.165, 1.54) is 10.6 Å². The van der Waals surface area contributed by atoms with Crippen molar-refractivity contribution in [2.75, 3.05) is 32.8 Å². The lowest BCUT2D eigenvalue weighted by Crippen LogP contribution is -2.44. The number of nitrogens with one attached hydrogen (secondary N) is 3. The van der Waals surface area contributed by atoms with Crippen LogP contribution >= 0.6 is 0 Å². The Balaban J connectivity index is 1.03. The molecule has 314 valence electrons. The number of esters is 1. The fraction of sp³-hybridized carbons (Fsp3) is 0.395. The Morgan fingerprint density at radius 1 is 1.03 bits per heavy atom. The number of benzene rings is 2. The van der Waals surface area contributed by atoms with E-state index in [1.54, 1.807) is 32.0 Å². The lowest BCUT2D eigenvalue weighted by Gasteiger charge is -2.31. The number of cyclic esters (lactones) is 1. The number of hydrogen-bond donors (Lipinski definition) is 5. The van der Waals surface area contributed by atoms with Crippen molar-refractivity contribution < 1.29 is 47.7 Å². The number of nitrogens with two attached hydrogens (primary N) is 1. The van der Waals surface area contributed by atoms with Crippen LogP contribution in [0.2, 0.25) is 0 Å². The number of nitrogens with zero attached hydrogens (tertiary/aromatic N) is 2. The van der Waals surface area contributed by atoms with E-state index in [0.29, 0.717) is 51.8 Å². The van der Waals surface area contributed by atoms with Gasteiger partial charge in [0.1, 0.15) is 25.6 Å². The summed E-state index contributed by atoms with van der Waals surface area (Å²) < 4.78 is 27.4. The van der Waals surface area contributed by atoms with Crippen molar-refractivity contribution in [1.29, 1.82) is 0 Å². The smallest absolute Gasteiger partial charge is 0.343 e. The Bertz CT molecular complexity index is 2510. The van der Waals surface area contributed by atoms with Gasteiger partial charge in [-0.2, -0.15) is 0 Å². The summed E-state index contributed by atoms with van der Waals surface area (Å²) in [6, 6.07) is 11.3. The normalized spacial score (nSPS) is 17.8. The van der Waals surface area contributed by atoms with Crippen LogP contribution in [0.4, 0.5) is 4.39 Å². The monoisotopic (exact) mass is 824 g/mol. The molecular weight excluding hydrogens is 780 g/mol. The highest BCUT2D eigenvalue weighted by Crippen LogP contribution is 2.46. The fourth-order valence-electron chi connectivity index (χ4n) is 8.35. The lowest BCUT2D eigenvalue weighted by atomic mass is 9.81. The van der Waals surface area contributed by atoms with Gasteiger partial charge in [0.25, 0.3) is 5.56 Å². The largest absolute Gasteiger partial charge is 0.458 e. The summed E-state index contributed by atoms with van der Waals surface area (Å²) in [6.45, 7) is 1.06. The molecule has 1 aliphatic carbocycles. The number of ketones is 2. The number of aryl methyl sites for hydroxylation is 1. The maximum atomic E-state index is 15.3. The molecule has 0 bridgehead atoms. The Kier molecular flexibility index (Phi) is 12.0. The van der Waals surface area contributed by atoms with Crippen LogP contribution in [0.1, 0.15) is 71.2 Å². The number of Topliss-reactive ketones (excluding diaryl/α,β-unsaturated/α-hetero) is 2. The highest BCUT2D eigenvalue weighted by atomic mass is 19.1. The molecule has 0 fully saturated rings. The number of pyridine rings is 2. The van der Waals surface area contributed by atoms with Gasteiger partial charge in [0.15, 0.2) is 17.2 Å². The summed E-state index contributed by atoms with van der Waals surface area (Å²) in [6.07, 6.45) is 0.787. The Hall–Kier alpha value is -6.17. The predicted molar refractivity (Wildman–Crippen MR) is 213 cm³/mol. The van der Waals surface area contributed by atoms with Crippen LogP contribution in [0.15, 0.2) is 47.3 Å². The zero-order valence-electron chi connectivity index (χ0n) is 33.2. The lowest BCUT2D eigenvalue weighted by molar-refractivity contribution is -0.172. The number of aliphatic hydroxyl groups is 1. The molecule has 0 radical (unpaired) electrons. The second-order valence-corrected chi connectivity index (χ2v) is 15.3. The molecule has 4 aromatic rings. The van der Waals surface area contributed by atoms with E-state index in [4.69, 9.17) is 20.2 Å². The first kappa shape index (κ1) is 42.0. The number of carbonyl (C=O) groups is 6. The number of halogens is 1. The maximum absolute atomic E-state index is 15.3. The molecule has 2 aromatic carbocycles. The number of amides is 3. The molecule has 2 aromatic heterocycles. The third-order valence-corrected chi connectivity index (χ3v) is 11.5. The molecule has 2 aliphatic heterocycles. The molecule has 17 heteroatoms. The molecule has 3 aliphatic rings. The summed E-state index contributed by atoms with van der Waals surface area (Å²) in [4.78, 5) is 94.9. The van der Waals surface area contributed by atoms with Crippen LogP contribution in [-0.4, -0.2) is 82.8 Å². The Morgan fingerprint density at radius 2 is 1.78 bits per heavy atom. The van der Waals surface area contributed by atoms with E-state index in [1.807, 2.05) is 18.2 Å². The summed E-state index contributed by atoms with van der Waals surface area (Å²) in [7, 11) is 0. The van der Waals surface area contributed by atoms with Gasteiger partial charge in [-0.15, -0.1) is 0 Å². The van der Waals surface area contributed by atoms with E-state index in [2.05, 4.69) is 16.0 Å². The molecule has 3 amide bonds. The number of hydrogen-bond acceptors (Lipinski definition) is 12. The van der Waals surface area contributed by atoms with Crippen LogP contribution in [0.3, 0.4) is 0 Å². The quantitative estimate of drug-likeness (QED) is 0.0884. The van der Waals surface area contributed by atoms with Crippen molar-refractivity contribution >= 4 is 46.2 Å². The van der Waals surface area contributed by atoms with Gasteiger partial charge in [-0.3, -0.25) is 28.8 Å². The summed E-state index contributed by atoms with van der Waals surface area (Å²) in [5.74, 6) is -4.65. The van der Waals surface area contributed by atoms with Gasteiger partial charge >= 0.3 is 5.97 Å². The van der Waals surface area contributed by atoms with Crippen LogP contribution < -0.4 is 27.2 Å². The van der Waals surface area contributed by atoms with E-state index < -0.39 is 78.2 Å². The third kappa shape index (κ3) is 8.07. The van der Waals surface area contributed by atoms with Gasteiger partial charge in [-0.25, -0.2) is 14.2 Å². The Labute approximate surface area is 343 Å². The van der Waals surface area contributed by atoms with Crippen LogP contribution in [0, 0.1) is 18.7 Å². The molecule has 4 heterocycles. The van der Waals surface area contributed by atoms with Gasteiger partial charge in [0.2, 0.25) is 17.7 Å². The SMILES string of the molecule is CC[C@@]1(O)C(=O)OCc2c1cc1n(c2=O)Cc2c-1nc1cc(F)c(C)c3c1c2[C@@H](NC(=O)COCC(=O)CNC(=O)[C@@H](CC(=O)CNC(=O)CN)Cc1ccccc1)CC3. The molecule has 0 saturated carbocycles. The van der Waals surface area contributed by atoms with Gasteiger partial charge in [-0.05, 0) is 60.9 Å². The summed E-state index contributed by atoms with van der Waals surface area (Å²) in [5.41, 5.74) is 7.39. The van der Waals surface area contributed by atoms with Gasteiger partial charge < -0.3 is 40.8 Å². The minimum absolute atomic E-state index is 0.0359. The zero-order valence-corrected chi connectivity index (χ0v) is 33.2. The predicted octanol–water partition coefficient (Wildman–Crippen LogP) is 1.23. The number of rotatable bonds is 16. The van der Waals surface area contributed by atoms with Crippen molar-refractivity contribution in [3.63, 3.8) is 0 Å². The molecular formula is C43H45FN6O10. The van der Waals surface area contributed by atoms with Crippen LogP contribution in [0.5, 0.6) is 0 Å². The minimum Gasteiger partial charge on any atom is -0.458 e. The first-order valence-corrected chi connectivity index (χ1v) is 19.7. The molecule has 0 saturated heterocycles. The van der Waals surface area contributed by atoms with Crippen molar-refractivity contribution in [3.05, 3.63) is 97.6 Å².